The quantitative estimate of drug-likeness (QED) is 0.784. The number of rotatable bonds is 2. The van der Waals surface area contributed by atoms with E-state index in [-0.39, 0.29) is 5.44 Å². The Balaban J connectivity index is 2.01. The van der Waals surface area contributed by atoms with E-state index >= 15 is 0 Å². The van der Waals surface area contributed by atoms with Gasteiger partial charge in [-0.1, -0.05) is 11.8 Å². The molecule has 0 bridgehead atoms. The second kappa shape index (κ2) is 4.67. The number of thioether (sulfide) groups is 1. The van der Waals surface area contributed by atoms with Gasteiger partial charge in [-0.05, 0) is 37.1 Å². The molecule has 16 heavy (non-hydrogen) atoms. The third-order valence-electron chi connectivity index (χ3n) is 2.34. The van der Waals surface area contributed by atoms with E-state index in [2.05, 4.69) is 0 Å². The molecular weight excluding hydrogens is 237 g/mol. The topological polar surface area (TPSA) is 9.23 Å². The van der Waals surface area contributed by atoms with Gasteiger partial charge in [0, 0.05) is 11.5 Å². The highest BCUT2D eigenvalue weighted by atomic mass is 32.2. The zero-order valence-corrected chi connectivity index (χ0v) is 9.27. The predicted octanol–water partition coefficient (Wildman–Crippen LogP) is 3.93. The molecular formula is C11H11F3OS. The first kappa shape index (κ1) is 11.8. The summed E-state index contributed by atoms with van der Waals surface area (Å²) in [5, 5.41) is 0. The minimum absolute atomic E-state index is 0.0942. The fourth-order valence-corrected chi connectivity index (χ4v) is 2.56. The normalized spacial score (nSPS) is 21.3. The summed E-state index contributed by atoms with van der Waals surface area (Å²) in [7, 11) is 0. The van der Waals surface area contributed by atoms with E-state index in [0.29, 0.717) is 0 Å². The molecule has 1 atom stereocenters. The summed E-state index contributed by atoms with van der Waals surface area (Å²) < 4.78 is 42.3. The zero-order valence-electron chi connectivity index (χ0n) is 8.46. The molecule has 0 saturated carbocycles. The van der Waals surface area contributed by atoms with E-state index in [1.165, 1.54) is 23.9 Å². The summed E-state index contributed by atoms with van der Waals surface area (Å²) in [6, 6.07) is 5.21. The Hall–Kier alpha value is -0.680. The van der Waals surface area contributed by atoms with Crippen molar-refractivity contribution >= 4 is 11.8 Å². The molecule has 0 spiro atoms. The van der Waals surface area contributed by atoms with Gasteiger partial charge in [-0.15, -0.1) is 0 Å². The van der Waals surface area contributed by atoms with Gasteiger partial charge in [-0.25, -0.2) is 0 Å². The third-order valence-corrected chi connectivity index (χ3v) is 3.52. The van der Waals surface area contributed by atoms with Gasteiger partial charge in [0.25, 0.3) is 0 Å². The maximum atomic E-state index is 12.3. The van der Waals surface area contributed by atoms with Crippen molar-refractivity contribution in [1.82, 2.24) is 0 Å². The van der Waals surface area contributed by atoms with Gasteiger partial charge in [0.15, 0.2) is 0 Å². The van der Waals surface area contributed by atoms with Crippen LogP contribution in [-0.4, -0.2) is 12.0 Å². The summed E-state index contributed by atoms with van der Waals surface area (Å²) in [6.07, 6.45) is -2.27. The fourth-order valence-electron chi connectivity index (χ4n) is 1.52. The number of hydrogen-bond acceptors (Lipinski definition) is 2. The van der Waals surface area contributed by atoms with Crippen LogP contribution in [0, 0.1) is 0 Å². The number of alkyl halides is 3. The molecule has 0 aromatic heterocycles. The molecule has 1 unspecified atom stereocenters. The van der Waals surface area contributed by atoms with Gasteiger partial charge in [0.05, 0.1) is 5.56 Å². The number of benzene rings is 1. The monoisotopic (exact) mass is 248 g/mol. The predicted molar refractivity (Wildman–Crippen MR) is 56.3 cm³/mol. The maximum Gasteiger partial charge on any atom is 0.416 e. The SMILES string of the molecule is FC(F)(F)c1ccc(SC2CCCO2)cc1. The van der Waals surface area contributed by atoms with Crippen molar-refractivity contribution in [3.63, 3.8) is 0 Å². The number of halogens is 3. The first-order chi connectivity index (χ1) is 7.55. The Labute approximate surface area is 96.0 Å². The molecule has 88 valence electrons. The van der Waals surface area contributed by atoms with Crippen molar-refractivity contribution in [3.8, 4) is 0 Å². The van der Waals surface area contributed by atoms with Crippen LogP contribution < -0.4 is 0 Å². The molecule has 0 amide bonds. The molecule has 0 aliphatic carbocycles. The minimum Gasteiger partial charge on any atom is -0.367 e. The molecule has 1 aliphatic heterocycles. The van der Waals surface area contributed by atoms with Crippen LogP contribution in [0.15, 0.2) is 29.2 Å². The average molecular weight is 248 g/mol. The van der Waals surface area contributed by atoms with E-state index in [9.17, 15) is 13.2 Å². The fraction of sp³-hybridized carbons (Fsp3) is 0.455. The van der Waals surface area contributed by atoms with Gasteiger partial charge in [0.1, 0.15) is 5.44 Å². The number of ether oxygens (including phenoxy) is 1. The van der Waals surface area contributed by atoms with Crippen LogP contribution in [0.25, 0.3) is 0 Å². The lowest BCUT2D eigenvalue weighted by Gasteiger charge is -2.10. The average Bonchev–Trinajstić information content (AvgIpc) is 2.70. The van der Waals surface area contributed by atoms with Gasteiger partial charge in [-0.2, -0.15) is 13.2 Å². The Bertz CT molecular complexity index is 341. The van der Waals surface area contributed by atoms with Gasteiger partial charge < -0.3 is 4.74 Å². The van der Waals surface area contributed by atoms with E-state index < -0.39 is 11.7 Å². The first-order valence-corrected chi connectivity index (χ1v) is 5.89. The van der Waals surface area contributed by atoms with Gasteiger partial charge >= 0.3 is 6.18 Å². The van der Waals surface area contributed by atoms with Crippen LogP contribution >= 0.6 is 11.8 Å². The van der Waals surface area contributed by atoms with Crippen LogP contribution in [0.3, 0.4) is 0 Å². The lowest BCUT2D eigenvalue weighted by molar-refractivity contribution is -0.137. The first-order valence-electron chi connectivity index (χ1n) is 5.01. The lowest BCUT2D eigenvalue weighted by atomic mass is 10.2. The van der Waals surface area contributed by atoms with E-state index in [4.69, 9.17) is 4.74 Å². The largest absolute Gasteiger partial charge is 0.416 e. The van der Waals surface area contributed by atoms with Gasteiger partial charge in [0.2, 0.25) is 0 Å². The van der Waals surface area contributed by atoms with Crippen LogP contribution in [0.1, 0.15) is 18.4 Å². The molecule has 5 heteroatoms. The van der Waals surface area contributed by atoms with E-state index in [1.54, 1.807) is 0 Å². The minimum atomic E-state index is -4.26. The molecule has 1 heterocycles. The second-order valence-electron chi connectivity index (χ2n) is 3.58. The molecule has 1 aromatic carbocycles. The van der Waals surface area contributed by atoms with Crippen molar-refractivity contribution < 1.29 is 17.9 Å². The molecule has 1 nitrogen and oxygen atoms in total. The van der Waals surface area contributed by atoms with Crippen LogP contribution in [0.4, 0.5) is 13.2 Å². The van der Waals surface area contributed by atoms with Crippen LogP contribution in [-0.2, 0) is 10.9 Å². The van der Waals surface area contributed by atoms with Gasteiger partial charge in [-0.3, -0.25) is 0 Å². The van der Waals surface area contributed by atoms with Crippen molar-refractivity contribution in [2.45, 2.75) is 29.3 Å². The summed E-state index contributed by atoms with van der Waals surface area (Å²) in [5.41, 5.74) is -0.513. The molecule has 2 rings (SSSR count). The molecule has 1 aliphatic rings. The lowest BCUT2D eigenvalue weighted by Crippen LogP contribution is -2.04. The third kappa shape index (κ3) is 2.92. The van der Waals surface area contributed by atoms with Crippen LogP contribution in [0.5, 0.6) is 0 Å². The summed E-state index contributed by atoms with van der Waals surface area (Å²) in [5.74, 6) is 0. The Morgan fingerprint density at radius 3 is 2.38 bits per heavy atom. The molecule has 0 N–H and O–H groups in total. The van der Waals surface area contributed by atoms with Crippen molar-refractivity contribution in [2.75, 3.05) is 6.61 Å². The summed E-state index contributed by atoms with van der Waals surface area (Å²) >= 11 is 1.48. The number of hydrogen-bond donors (Lipinski definition) is 0. The molecule has 1 saturated heterocycles. The molecule has 1 fully saturated rings. The maximum absolute atomic E-state index is 12.3. The van der Waals surface area contributed by atoms with Crippen LogP contribution in [0.2, 0.25) is 0 Å². The summed E-state index contributed by atoms with van der Waals surface area (Å²) in [4.78, 5) is 0.819. The van der Waals surface area contributed by atoms with E-state index in [0.717, 1.165) is 36.5 Å². The molecule has 1 aromatic rings. The Morgan fingerprint density at radius 1 is 1.19 bits per heavy atom. The second-order valence-corrected chi connectivity index (χ2v) is 4.82. The highest BCUT2D eigenvalue weighted by Crippen LogP contribution is 2.34. The highest BCUT2D eigenvalue weighted by molar-refractivity contribution is 7.99. The smallest absolute Gasteiger partial charge is 0.367 e. The zero-order chi connectivity index (χ0) is 11.6. The summed E-state index contributed by atoms with van der Waals surface area (Å²) in [6.45, 7) is 0.748. The molecule has 0 radical (unpaired) electrons. The van der Waals surface area contributed by atoms with Crippen molar-refractivity contribution in [2.24, 2.45) is 0 Å². The highest BCUT2D eigenvalue weighted by Gasteiger charge is 2.30. The standard InChI is InChI=1S/C11H11F3OS/c12-11(13,14)8-3-5-9(6-4-8)16-10-2-1-7-15-10/h3-6,10H,1-2,7H2. The van der Waals surface area contributed by atoms with E-state index in [1.807, 2.05) is 0 Å². The Kier molecular flexibility index (Phi) is 3.44. The van der Waals surface area contributed by atoms with Crippen molar-refractivity contribution in [3.05, 3.63) is 29.8 Å². The van der Waals surface area contributed by atoms with Crippen molar-refractivity contribution in [1.29, 1.82) is 0 Å². The Morgan fingerprint density at radius 2 is 1.88 bits per heavy atom.